The van der Waals surface area contributed by atoms with Gasteiger partial charge in [-0.05, 0) is 73.7 Å². The predicted molar refractivity (Wildman–Crippen MR) is 127 cm³/mol. The SMILES string of the molecule is CC12CCC3C(CCC4CC(OC5OCC(O)C(O)C5O)CCC43C)C1=CC=C2C1=CC(=O)OC1. The van der Waals surface area contributed by atoms with E-state index in [2.05, 4.69) is 26.0 Å². The first-order chi connectivity index (χ1) is 16.7. The van der Waals surface area contributed by atoms with Crippen LogP contribution in [0, 0.1) is 28.6 Å². The minimum atomic E-state index is -1.24. The predicted octanol–water partition coefficient (Wildman–Crippen LogP) is 2.79. The molecule has 0 radical (unpaired) electrons. The molecule has 2 aliphatic heterocycles. The second-order valence-corrected chi connectivity index (χ2v) is 12.1. The van der Waals surface area contributed by atoms with Gasteiger partial charge in [-0.15, -0.1) is 0 Å². The summed E-state index contributed by atoms with van der Waals surface area (Å²) in [6.45, 7) is 5.21. The topological polar surface area (TPSA) is 105 Å². The number of ether oxygens (including phenoxy) is 3. The van der Waals surface area contributed by atoms with E-state index in [0.717, 1.165) is 37.7 Å². The van der Waals surface area contributed by atoms with E-state index in [4.69, 9.17) is 14.2 Å². The molecule has 0 aromatic heterocycles. The van der Waals surface area contributed by atoms with Crippen LogP contribution in [0.5, 0.6) is 0 Å². The quantitative estimate of drug-likeness (QED) is 0.416. The molecular weight excluding hydrogens is 448 g/mol. The van der Waals surface area contributed by atoms with Crippen molar-refractivity contribution in [2.45, 2.75) is 89.5 Å². The number of fused-ring (bicyclic) bond motifs is 5. The van der Waals surface area contributed by atoms with Crippen molar-refractivity contribution >= 4 is 5.97 Å². The lowest BCUT2D eigenvalue weighted by Crippen LogP contribution is -2.56. The molecule has 2 heterocycles. The van der Waals surface area contributed by atoms with Crippen LogP contribution >= 0.6 is 0 Å². The minimum Gasteiger partial charge on any atom is -0.458 e. The molecular formula is C28H38O7. The maximum Gasteiger partial charge on any atom is 0.331 e. The van der Waals surface area contributed by atoms with Crippen LogP contribution in [0.15, 0.2) is 34.9 Å². The van der Waals surface area contributed by atoms with Crippen LogP contribution in [0.4, 0.5) is 0 Å². The highest BCUT2D eigenvalue weighted by atomic mass is 16.7. The Morgan fingerprint density at radius 2 is 1.86 bits per heavy atom. The van der Waals surface area contributed by atoms with E-state index in [1.54, 1.807) is 11.6 Å². The lowest BCUT2D eigenvalue weighted by Gasteiger charge is -2.59. The Morgan fingerprint density at radius 1 is 1.03 bits per heavy atom. The summed E-state index contributed by atoms with van der Waals surface area (Å²) in [5, 5.41) is 30.0. The number of aliphatic hydroxyl groups is 3. The van der Waals surface area contributed by atoms with Gasteiger partial charge in [-0.25, -0.2) is 4.79 Å². The lowest BCUT2D eigenvalue weighted by atomic mass is 9.46. The zero-order chi connectivity index (χ0) is 24.5. The third-order valence-electron chi connectivity index (χ3n) is 10.4. The number of aliphatic hydroxyl groups excluding tert-OH is 3. The standard InChI is InChI=1S/C28H38O7/c1-27-9-7-17(35-26-25(32)24(31)22(29)14-34-26)12-16(27)3-4-18-20-6-5-19(15-11-23(30)33-13-15)28(20,2)10-8-21(18)27/h5-6,11,16-18,21-22,24-26,29,31-32H,3-4,7-10,12-14H2,1-2H3. The summed E-state index contributed by atoms with van der Waals surface area (Å²) in [6.07, 6.45) is 9.35. The van der Waals surface area contributed by atoms with Gasteiger partial charge >= 0.3 is 5.97 Å². The number of esters is 1. The highest BCUT2D eigenvalue weighted by Crippen LogP contribution is 2.65. The third-order valence-corrected chi connectivity index (χ3v) is 10.4. The average Bonchev–Trinajstić information content (AvgIpc) is 3.42. The molecule has 7 heteroatoms. The molecule has 0 bridgehead atoms. The van der Waals surface area contributed by atoms with Crippen molar-refractivity contribution in [3.63, 3.8) is 0 Å². The van der Waals surface area contributed by atoms with Crippen molar-refractivity contribution in [3.05, 3.63) is 34.9 Å². The number of hydrogen-bond acceptors (Lipinski definition) is 7. The minimum absolute atomic E-state index is 0.00432. The Hall–Kier alpha value is -1.51. The second kappa shape index (κ2) is 8.52. The van der Waals surface area contributed by atoms with Crippen LogP contribution in [0.2, 0.25) is 0 Å². The molecule has 3 saturated carbocycles. The van der Waals surface area contributed by atoms with Crippen molar-refractivity contribution in [2.24, 2.45) is 28.6 Å². The highest BCUT2D eigenvalue weighted by molar-refractivity contribution is 5.87. The number of rotatable bonds is 3. The van der Waals surface area contributed by atoms with Crippen LogP contribution in [-0.4, -0.2) is 65.2 Å². The van der Waals surface area contributed by atoms with Crippen molar-refractivity contribution in [1.29, 1.82) is 0 Å². The Morgan fingerprint density at radius 3 is 2.63 bits per heavy atom. The summed E-state index contributed by atoms with van der Waals surface area (Å²) >= 11 is 0. The van der Waals surface area contributed by atoms with Gasteiger partial charge in [0.05, 0.1) is 12.7 Å². The number of cyclic esters (lactones) is 1. The first-order valence-corrected chi connectivity index (χ1v) is 13.3. The van der Waals surface area contributed by atoms with E-state index in [-0.39, 0.29) is 29.5 Å². The van der Waals surface area contributed by atoms with Crippen molar-refractivity contribution < 1.29 is 34.3 Å². The molecule has 7 nitrogen and oxygen atoms in total. The van der Waals surface area contributed by atoms with Gasteiger partial charge < -0.3 is 29.5 Å². The van der Waals surface area contributed by atoms with Gasteiger partial charge in [0, 0.05) is 17.1 Å². The Balaban J connectivity index is 1.14. The van der Waals surface area contributed by atoms with Crippen molar-refractivity contribution in [3.8, 4) is 0 Å². The average molecular weight is 487 g/mol. The molecule has 10 atom stereocenters. The van der Waals surface area contributed by atoms with E-state index in [0.29, 0.717) is 24.4 Å². The number of hydrogen-bond donors (Lipinski definition) is 3. The van der Waals surface area contributed by atoms with E-state index < -0.39 is 24.6 Å². The number of carbonyl (C=O) groups excluding carboxylic acids is 1. The summed E-state index contributed by atoms with van der Waals surface area (Å²) in [6, 6.07) is 0. The van der Waals surface area contributed by atoms with Crippen molar-refractivity contribution in [1.82, 2.24) is 0 Å². The van der Waals surface area contributed by atoms with Crippen LogP contribution in [0.3, 0.4) is 0 Å². The van der Waals surface area contributed by atoms with Crippen molar-refractivity contribution in [2.75, 3.05) is 13.2 Å². The molecule has 35 heavy (non-hydrogen) atoms. The molecule has 6 rings (SSSR count). The molecule has 0 amide bonds. The first kappa shape index (κ1) is 23.9. The van der Waals surface area contributed by atoms with Gasteiger partial charge in [0.15, 0.2) is 6.29 Å². The zero-order valence-electron chi connectivity index (χ0n) is 20.7. The molecule has 3 N–H and O–H groups in total. The molecule has 0 aromatic rings. The van der Waals surface area contributed by atoms with Gasteiger partial charge in [0.1, 0.15) is 24.9 Å². The van der Waals surface area contributed by atoms with Gasteiger partial charge in [0.2, 0.25) is 0 Å². The molecule has 0 aromatic carbocycles. The maximum atomic E-state index is 11.7. The molecule has 6 aliphatic rings. The summed E-state index contributed by atoms with van der Waals surface area (Å²) in [5.74, 6) is 1.54. The summed E-state index contributed by atoms with van der Waals surface area (Å²) < 4.78 is 16.9. The fourth-order valence-corrected chi connectivity index (χ4v) is 8.42. The highest BCUT2D eigenvalue weighted by Gasteiger charge is 2.57. The molecule has 4 fully saturated rings. The van der Waals surface area contributed by atoms with Crippen LogP contribution in [0.1, 0.15) is 58.8 Å². The summed E-state index contributed by atoms with van der Waals surface area (Å²) in [5.41, 5.74) is 4.13. The van der Waals surface area contributed by atoms with Crippen LogP contribution in [-0.2, 0) is 19.0 Å². The summed E-state index contributed by atoms with van der Waals surface area (Å²) in [4.78, 5) is 11.7. The normalized spacial score (nSPS) is 49.3. The molecule has 1 saturated heterocycles. The largest absolute Gasteiger partial charge is 0.458 e. The second-order valence-electron chi connectivity index (χ2n) is 12.1. The van der Waals surface area contributed by atoms with Crippen LogP contribution < -0.4 is 0 Å². The van der Waals surface area contributed by atoms with Crippen LogP contribution in [0.25, 0.3) is 0 Å². The Kier molecular flexibility index (Phi) is 5.81. The Bertz CT molecular complexity index is 984. The smallest absolute Gasteiger partial charge is 0.331 e. The molecule has 4 aliphatic carbocycles. The fraction of sp³-hybridized carbons (Fsp3) is 0.750. The number of allylic oxidation sites excluding steroid dienone is 3. The Labute approximate surface area is 206 Å². The van der Waals surface area contributed by atoms with E-state index in [1.807, 2.05) is 0 Å². The molecule has 192 valence electrons. The monoisotopic (exact) mass is 486 g/mol. The third kappa shape index (κ3) is 3.69. The van der Waals surface area contributed by atoms with Gasteiger partial charge in [-0.1, -0.05) is 31.6 Å². The molecule has 0 spiro atoms. The fourth-order valence-electron chi connectivity index (χ4n) is 8.42. The van der Waals surface area contributed by atoms with Gasteiger partial charge in [-0.3, -0.25) is 0 Å². The lowest BCUT2D eigenvalue weighted by molar-refractivity contribution is -0.289. The zero-order valence-corrected chi connectivity index (χ0v) is 20.7. The van der Waals surface area contributed by atoms with E-state index >= 15 is 0 Å². The maximum absolute atomic E-state index is 11.7. The molecule has 10 unspecified atom stereocenters. The van der Waals surface area contributed by atoms with Gasteiger partial charge in [-0.2, -0.15) is 0 Å². The summed E-state index contributed by atoms with van der Waals surface area (Å²) in [7, 11) is 0. The van der Waals surface area contributed by atoms with E-state index in [1.165, 1.54) is 18.4 Å². The number of carbonyl (C=O) groups is 1. The van der Waals surface area contributed by atoms with Gasteiger partial charge in [0.25, 0.3) is 0 Å². The first-order valence-electron chi connectivity index (χ1n) is 13.3. The van der Waals surface area contributed by atoms with E-state index in [9.17, 15) is 20.1 Å².